The maximum Gasteiger partial charge on any atom is 0.251 e. The summed E-state index contributed by atoms with van der Waals surface area (Å²) in [7, 11) is 1.64. The van der Waals surface area contributed by atoms with E-state index in [2.05, 4.69) is 14.9 Å². The van der Waals surface area contributed by atoms with Crippen LogP contribution in [0.1, 0.15) is 32.1 Å². The van der Waals surface area contributed by atoms with Gasteiger partial charge in [-0.3, -0.25) is 4.90 Å². The number of hydrogen-bond donors (Lipinski definition) is 1. The van der Waals surface area contributed by atoms with Gasteiger partial charge in [0.1, 0.15) is 5.82 Å². The molecule has 2 aliphatic heterocycles. The third-order valence-electron chi connectivity index (χ3n) is 6.98. The fourth-order valence-corrected chi connectivity index (χ4v) is 5.02. The number of aromatic nitrogens is 2. The Hall–Kier alpha value is -2.72. The van der Waals surface area contributed by atoms with Crippen LogP contribution in [-0.4, -0.2) is 85.7 Å². The van der Waals surface area contributed by atoms with Crippen molar-refractivity contribution in [3.63, 3.8) is 0 Å². The van der Waals surface area contributed by atoms with E-state index in [1.807, 2.05) is 28.0 Å². The third kappa shape index (κ3) is 7.39. The second kappa shape index (κ2) is 13.0. The van der Waals surface area contributed by atoms with E-state index < -0.39 is 6.43 Å². The fraction of sp³-hybridized carbons (Fsp3) is 0.615. The lowest BCUT2D eigenvalue weighted by atomic mass is 9.96. The van der Waals surface area contributed by atoms with E-state index in [-0.39, 0.29) is 6.54 Å². The molecule has 2 aromatic rings. The van der Waals surface area contributed by atoms with Crippen LogP contribution >= 0.6 is 0 Å². The number of rotatable bonds is 12. The summed E-state index contributed by atoms with van der Waals surface area (Å²) in [6, 6.07) is 7.49. The average Bonchev–Trinajstić information content (AvgIpc) is 3.39. The summed E-state index contributed by atoms with van der Waals surface area (Å²) in [5, 5.41) is 0. The number of alkyl halides is 2. The summed E-state index contributed by atoms with van der Waals surface area (Å²) in [6.07, 6.45) is 4.53. The number of ether oxygens (including phenoxy) is 2. The molecule has 36 heavy (non-hydrogen) atoms. The first-order valence-corrected chi connectivity index (χ1v) is 12.9. The zero-order valence-corrected chi connectivity index (χ0v) is 21.1. The van der Waals surface area contributed by atoms with E-state index in [1.54, 1.807) is 19.4 Å². The van der Waals surface area contributed by atoms with Gasteiger partial charge < -0.3 is 25.0 Å². The van der Waals surface area contributed by atoms with Crippen LogP contribution in [0.4, 0.5) is 26.2 Å². The molecular weight excluding hydrogens is 466 g/mol. The van der Waals surface area contributed by atoms with Crippen LogP contribution in [0.2, 0.25) is 0 Å². The number of anilines is 3. The van der Waals surface area contributed by atoms with Crippen molar-refractivity contribution < 1.29 is 18.3 Å². The molecule has 1 aromatic carbocycles. The van der Waals surface area contributed by atoms with E-state index in [0.717, 1.165) is 31.5 Å². The minimum Gasteiger partial charge on any atom is -0.493 e. The monoisotopic (exact) mass is 504 g/mol. The highest BCUT2D eigenvalue weighted by atomic mass is 19.3. The Morgan fingerprint density at radius 3 is 2.56 bits per heavy atom. The average molecular weight is 505 g/mol. The van der Waals surface area contributed by atoms with Crippen molar-refractivity contribution in [1.29, 1.82) is 0 Å². The lowest BCUT2D eigenvalue weighted by molar-refractivity contribution is 0.0699. The first kappa shape index (κ1) is 26.3. The van der Waals surface area contributed by atoms with Gasteiger partial charge in [0.05, 0.1) is 20.3 Å². The molecule has 8 nitrogen and oxygen atoms in total. The van der Waals surface area contributed by atoms with E-state index in [1.165, 1.54) is 25.9 Å². The fourth-order valence-electron chi connectivity index (χ4n) is 5.02. The predicted molar refractivity (Wildman–Crippen MR) is 137 cm³/mol. The summed E-state index contributed by atoms with van der Waals surface area (Å²) in [6.45, 7) is 5.81. The molecule has 10 heteroatoms. The summed E-state index contributed by atoms with van der Waals surface area (Å²) in [4.78, 5) is 15.3. The number of likely N-dealkylation sites (tertiary alicyclic amines) is 2. The summed E-state index contributed by atoms with van der Waals surface area (Å²) in [5.41, 5.74) is 6.86. The molecule has 198 valence electrons. The van der Waals surface area contributed by atoms with Crippen molar-refractivity contribution in [3.05, 3.63) is 30.5 Å². The Morgan fingerprint density at radius 2 is 1.86 bits per heavy atom. The largest absolute Gasteiger partial charge is 0.493 e. The first-order chi connectivity index (χ1) is 17.5. The van der Waals surface area contributed by atoms with Crippen LogP contribution in [0.15, 0.2) is 30.5 Å². The zero-order valence-electron chi connectivity index (χ0n) is 21.1. The molecule has 2 fully saturated rings. The highest BCUT2D eigenvalue weighted by molar-refractivity contribution is 5.63. The number of benzene rings is 1. The summed E-state index contributed by atoms with van der Waals surface area (Å²) < 4.78 is 37.3. The smallest absolute Gasteiger partial charge is 0.251 e. The van der Waals surface area contributed by atoms with E-state index in [0.29, 0.717) is 55.4 Å². The number of nitrogens with zero attached hydrogens (tertiary/aromatic N) is 5. The lowest BCUT2D eigenvalue weighted by Gasteiger charge is -2.35. The van der Waals surface area contributed by atoms with Crippen molar-refractivity contribution >= 4 is 17.5 Å². The maximum absolute atomic E-state index is 12.8. The summed E-state index contributed by atoms with van der Waals surface area (Å²) >= 11 is 0. The van der Waals surface area contributed by atoms with Gasteiger partial charge in [0.15, 0.2) is 11.5 Å². The topological polar surface area (TPSA) is 80.0 Å². The van der Waals surface area contributed by atoms with Crippen LogP contribution in [0, 0.1) is 5.92 Å². The van der Waals surface area contributed by atoms with Crippen LogP contribution in [0.5, 0.6) is 11.5 Å². The van der Waals surface area contributed by atoms with Gasteiger partial charge in [0.2, 0.25) is 5.95 Å². The zero-order chi connectivity index (χ0) is 25.3. The Labute approximate surface area is 212 Å². The molecule has 4 rings (SSSR count). The molecule has 0 amide bonds. The maximum atomic E-state index is 12.8. The van der Waals surface area contributed by atoms with Crippen LogP contribution in [0.25, 0.3) is 0 Å². The van der Waals surface area contributed by atoms with Gasteiger partial charge in [0, 0.05) is 31.0 Å². The highest BCUT2D eigenvalue weighted by Crippen LogP contribution is 2.35. The lowest BCUT2D eigenvalue weighted by Crippen LogP contribution is -2.40. The Kier molecular flexibility index (Phi) is 9.52. The molecule has 0 unspecified atom stereocenters. The van der Waals surface area contributed by atoms with E-state index >= 15 is 0 Å². The van der Waals surface area contributed by atoms with Crippen LogP contribution in [0.3, 0.4) is 0 Å². The molecule has 3 heterocycles. The standard InChI is InChI=1S/C26H38F2N6O2/c1-35-22-6-5-21(17-23(22)36-16-4-13-32-11-2-3-12-32)34(26-30-10-7-25(29)31-26)18-20-8-14-33(15-9-20)19-24(27)28/h5-7,10,17,20,24H,2-4,8-9,11-16,18-19H2,1H3,(H2,29,30,31). The van der Waals surface area contributed by atoms with E-state index in [4.69, 9.17) is 15.2 Å². The normalized spacial score (nSPS) is 17.6. The number of halogens is 2. The van der Waals surface area contributed by atoms with Gasteiger partial charge in [0.25, 0.3) is 6.43 Å². The number of nitrogen functional groups attached to an aromatic ring is 1. The second-order valence-electron chi connectivity index (χ2n) is 9.61. The minimum absolute atomic E-state index is 0.161. The van der Waals surface area contributed by atoms with Crippen molar-refractivity contribution in [3.8, 4) is 11.5 Å². The number of piperidine rings is 1. The van der Waals surface area contributed by atoms with Gasteiger partial charge in [-0.1, -0.05) is 0 Å². The molecule has 2 saturated heterocycles. The van der Waals surface area contributed by atoms with Crippen LogP contribution in [-0.2, 0) is 0 Å². The van der Waals surface area contributed by atoms with E-state index in [9.17, 15) is 8.78 Å². The molecule has 2 aliphatic rings. The number of hydrogen-bond acceptors (Lipinski definition) is 8. The SMILES string of the molecule is COc1ccc(N(CC2CCN(CC(F)F)CC2)c2nccc(N)n2)cc1OCCCN1CCCC1. The number of methoxy groups -OCH3 is 1. The van der Waals surface area contributed by atoms with Crippen molar-refractivity contribution in [1.82, 2.24) is 19.8 Å². The van der Waals surface area contributed by atoms with Gasteiger partial charge in [-0.2, -0.15) is 4.98 Å². The Bertz CT molecular complexity index is 952. The second-order valence-corrected chi connectivity index (χ2v) is 9.61. The number of nitrogens with two attached hydrogens (primary N) is 1. The van der Waals surface area contributed by atoms with Crippen molar-refractivity contribution in [2.75, 3.05) is 70.2 Å². The highest BCUT2D eigenvalue weighted by Gasteiger charge is 2.25. The third-order valence-corrected chi connectivity index (χ3v) is 6.98. The molecule has 0 atom stereocenters. The molecule has 0 radical (unpaired) electrons. The molecule has 0 bridgehead atoms. The molecule has 2 N–H and O–H groups in total. The summed E-state index contributed by atoms with van der Waals surface area (Å²) in [5.74, 6) is 2.57. The Morgan fingerprint density at radius 1 is 1.08 bits per heavy atom. The molecular formula is C26H38F2N6O2. The molecule has 1 aromatic heterocycles. The minimum atomic E-state index is -2.30. The molecule has 0 aliphatic carbocycles. The first-order valence-electron chi connectivity index (χ1n) is 12.9. The predicted octanol–water partition coefficient (Wildman–Crippen LogP) is 4.05. The molecule has 0 spiro atoms. The quantitative estimate of drug-likeness (QED) is 0.434. The van der Waals surface area contributed by atoms with Gasteiger partial charge in [-0.15, -0.1) is 0 Å². The van der Waals surface area contributed by atoms with Gasteiger partial charge in [-0.05, 0) is 82.4 Å². The Balaban J connectivity index is 1.47. The molecule has 0 saturated carbocycles. The van der Waals surface area contributed by atoms with Crippen molar-refractivity contribution in [2.24, 2.45) is 5.92 Å². The van der Waals surface area contributed by atoms with Gasteiger partial charge in [-0.25, -0.2) is 13.8 Å². The van der Waals surface area contributed by atoms with Crippen LogP contribution < -0.4 is 20.1 Å². The van der Waals surface area contributed by atoms with Crippen molar-refractivity contribution in [2.45, 2.75) is 38.5 Å². The van der Waals surface area contributed by atoms with Gasteiger partial charge >= 0.3 is 0 Å².